The highest BCUT2D eigenvalue weighted by Crippen LogP contribution is 2.43. The fourth-order valence-electron chi connectivity index (χ4n) is 3.14. The number of nitrogens with zero attached hydrogens (tertiary/aromatic N) is 1. The van der Waals surface area contributed by atoms with Crippen molar-refractivity contribution in [2.24, 2.45) is 0 Å². The molecule has 5 nitrogen and oxygen atoms in total. The minimum atomic E-state index is -0.233. The molecule has 5 heteroatoms. The van der Waals surface area contributed by atoms with Crippen LogP contribution in [0.1, 0.15) is 46.9 Å². The van der Waals surface area contributed by atoms with Crippen LogP contribution in [0.2, 0.25) is 0 Å². The molecule has 0 saturated heterocycles. The van der Waals surface area contributed by atoms with Crippen LogP contribution >= 0.6 is 0 Å². The standard InChI is InChI=1S/C21H22N2O3/c1-11(2)17-18-15(10-16(24)20(17)25)22-13(4)12(3)19(18)23-21(26)14-8-6-5-7-9-14/h5-11,24-25H,1-4H3,(H,22,23,26). The first kappa shape index (κ1) is 17.7. The molecule has 26 heavy (non-hydrogen) atoms. The van der Waals surface area contributed by atoms with Crippen LogP contribution < -0.4 is 5.32 Å². The van der Waals surface area contributed by atoms with Gasteiger partial charge in [0.1, 0.15) is 0 Å². The van der Waals surface area contributed by atoms with E-state index in [1.54, 1.807) is 24.3 Å². The molecule has 134 valence electrons. The lowest BCUT2D eigenvalue weighted by Crippen LogP contribution is -2.14. The third-order valence-electron chi connectivity index (χ3n) is 4.60. The first-order chi connectivity index (χ1) is 12.3. The molecule has 0 saturated carbocycles. The molecule has 0 aliphatic carbocycles. The van der Waals surface area contributed by atoms with Crippen LogP contribution in [0, 0.1) is 13.8 Å². The Morgan fingerprint density at radius 2 is 1.77 bits per heavy atom. The summed E-state index contributed by atoms with van der Waals surface area (Å²) >= 11 is 0. The number of hydrogen-bond acceptors (Lipinski definition) is 4. The molecule has 0 spiro atoms. The predicted octanol–water partition coefficient (Wildman–Crippen LogP) is 4.64. The summed E-state index contributed by atoms with van der Waals surface area (Å²) in [5.41, 5.74) is 3.84. The number of rotatable bonds is 3. The number of phenols is 2. The largest absolute Gasteiger partial charge is 0.504 e. The van der Waals surface area contributed by atoms with Crippen LogP contribution in [-0.2, 0) is 0 Å². The number of benzene rings is 2. The summed E-state index contributed by atoms with van der Waals surface area (Å²) in [5.74, 6) is -0.686. The van der Waals surface area contributed by atoms with Crippen LogP contribution in [-0.4, -0.2) is 21.1 Å². The van der Waals surface area contributed by atoms with Crippen LogP contribution in [0.5, 0.6) is 11.5 Å². The molecule has 0 radical (unpaired) electrons. The number of phenolic OH excluding ortho intramolecular Hbond substituents is 2. The molecule has 0 atom stereocenters. The lowest BCUT2D eigenvalue weighted by Gasteiger charge is -2.20. The van der Waals surface area contributed by atoms with Gasteiger partial charge in [-0.1, -0.05) is 32.0 Å². The second kappa shape index (κ2) is 6.67. The molecule has 3 N–H and O–H groups in total. The maximum Gasteiger partial charge on any atom is 0.255 e. The van der Waals surface area contributed by atoms with Gasteiger partial charge in [-0.25, -0.2) is 0 Å². The number of carbonyl (C=O) groups excluding carboxylic acids is 1. The summed E-state index contributed by atoms with van der Waals surface area (Å²) in [6.45, 7) is 7.58. The van der Waals surface area contributed by atoms with Gasteiger partial charge < -0.3 is 15.5 Å². The second-order valence-corrected chi connectivity index (χ2v) is 6.72. The maximum atomic E-state index is 12.7. The summed E-state index contributed by atoms with van der Waals surface area (Å²) in [6.07, 6.45) is 0. The van der Waals surface area contributed by atoms with Gasteiger partial charge >= 0.3 is 0 Å². The van der Waals surface area contributed by atoms with E-state index in [1.807, 2.05) is 33.8 Å². The van der Waals surface area contributed by atoms with Gasteiger partial charge in [0.25, 0.3) is 5.91 Å². The zero-order chi connectivity index (χ0) is 19.0. The third kappa shape index (κ3) is 2.96. The lowest BCUT2D eigenvalue weighted by atomic mass is 9.93. The van der Waals surface area contributed by atoms with Crippen molar-refractivity contribution in [3.8, 4) is 11.5 Å². The summed E-state index contributed by atoms with van der Waals surface area (Å²) in [7, 11) is 0. The van der Waals surface area contributed by atoms with Crippen molar-refractivity contribution in [3.63, 3.8) is 0 Å². The van der Waals surface area contributed by atoms with Gasteiger partial charge in [-0.2, -0.15) is 0 Å². The van der Waals surface area contributed by atoms with Crippen molar-refractivity contribution in [3.05, 3.63) is 58.8 Å². The number of aromatic nitrogens is 1. The predicted molar refractivity (Wildman–Crippen MR) is 103 cm³/mol. The zero-order valence-corrected chi connectivity index (χ0v) is 15.3. The SMILES string of the molecule is Cc1nc2cc(O)c(O)c(C(C)C)c2c(NC(=O)c2ccccc2)c1C. The minimum absolute atomic E-state index is 0.0686. The average molecular weight is 350 g/mol. The highest BCUT2D eigenvalue weighted by molar-refractivity contribution is 6.11. The van der Waals surface area contributed by atoms with E-state index < -0.39 is 0 Å². The van der Waals surface area contributed by atoms with E-state index in [2.05, 4.69) is 10.3 Å². The summed E-state index contributed by atoms with van der Waals surface area (Å²) in [5, 5.41) is 24.1. The van der Waals surface area contributed by atoms with E-state index in [9.17, 15) is 15.0 Å². The number of pyridine rings is 1. The smallest absolute Gasteiger partial charge is 0.255 e. The molecule has 0 bridgehead atoms. The van der Waals surface area contributed by atoms with E-state index >= 15 is 0 Å². The first-order valence-corrected chi connectivity index (χ1v) is 8.53. The first-order valence-electron chi connectivity index (χ1n) is 8.53. The molecule has 3 aromatic rings. The zero-order valence-electron chi connectivity index (χ0n) is 15.3. The van der Waals surface area contributed by atoms with E-state index in [0.717, 1.165) is 11.3 Å². The van der Waals surface area contributed by atoms with E-state index in [1.165, 1.54) is 6.07 Å². The van der Waals surface area contributed by atoms with Crippen molar-refractivity contribution in [2.75, 3.05) is 5.32 Å². The van der Waals surface area contributed by atoms with Crippen molar-refractivity contribution in [2.45, 2.75) is 33.6 Å². The fraction of sp³-hybridized carbons (Fsp3) is 0.238. The number of amides is 1. The molecule has 0 fully saturated rings. The molecular formula is C21H22N2O3. The Hall–Kier alpha value is -3.08. The number of aryl methyl sites for hydroxylation is 1. The molecule has 1 aromatic heterocycles. The van der Waals surface area contributed by atoms with Gasteiger partial charge in [0.15, 0.2) is 11.5 Å². The Labute approximate surface area is 152 Å². The van der Waals surface area contributed by atoms with Gasteiger partial charge in [0, 0.05) is 28.3 Å². The summed E-state index contributed by atoms with van der Waals surface area (Å²) < 4.78 is 0. The lowest BCUT2D eigenvalue weighted by molar-refractivity contribution is 0.102. The van der Waals surface area contributed by atoms with Gasteiger partial charge in [-0.3, -0.25) is 9.78 Å². The van der Waals surface area contributed by atoms with Crippen molar-refractivity contribution >= 4 is 22.5 Å². The number of fused-ring (bicyclic) bond motifs is 1. The van der Waals surface area contributed by atoms with Crippen molar-refractivity contribution < 1.29 is 15.0 Å². The number of anilines is 1. The molecule has 0 aliphatic heterocycles. The van der Waals surface area contributed by atoms with E-state index in [-0.39, 0.29) is 23.3 Å². The van der Waals surface area contributed by atoms with Crippen LogP contribution in [0.3, 0.4) is 0 Å². The van der Waals surface area contributed by atoms with Gasteiger partial charge in [0.2, 0.25) is 0 Å². The molecule has 1 amide bonds. The number of aromatic hydroxyl groups is 2. The Morgan fingerprint density at radius 1 is 1.12 bits per heavy atom. The van der Waals surface area contributed by atoms with Crippen LogP contribution in [0.15, 0.2) is 36.4 Å². The summed E-state index contributed by atoms with van der Waals surface area (Å²) in [6, 6.07) is 10.4. The fourth-order valence-corrected chi connectivity index (χ4v) is 3.14. The Kier molecular flexibility index (Phi) is 4.55. The quantitative estimate of drug-likeness (QED) is 0.601. The molecule has 1 heterocycles. The Morgan fingerprint density at radius 3 is 2.38 bits per heavy atom. The van der Waals surface area contributed by atoms with Crippen molar-refractivity contribution in [1.29, 1.82) is 0 Å². The topological polar surface area (TPSA) is 82.5 Å². The number of nitrogens with one attached hydrogen (secondary N) is 1. The minimum Gasteiger partial charge on any atom is -0.504 e. The number of hydrogen-bond donors (Lipinski definition) is 3. The molecule has 0 aliphatic rings. The highest BCUT2D eigenvalue weighted by Gasteiger charge is 2.22. The Balaban J connectivity index is 2.28. The molecule has 0 unspecified atom stereocenters. The van der Waals surface area contributed by atoms with E-state index in [0.29, 0.717) is 27.7 Å². The third-order valence-corrected chi connectivity index (χ3v) is 4.60. The van der Waals surface area contributed by atoms with Crippen LogP contribution in [0.4, 0.5) is 5.69 Å². The van der Waals surface area contributed by atoms with Gasteiger partial charge in [-0.05, 0) is 37.5 Å². The number of carbonyl (C=O) groups is 1. The summed E-state index contributed by atoms with van der Waals surface area (Å²) in [4.78, 5) is 17.2. The second-order valence-electron chi connectivity index (χ2n) is 6.72. The molecule has 2 aromatic carbocycles. The monoisotopic (exact) mass is 350 g/mol. The van der Waals surface area contributed by atoms with E-state index in [4.69, 9.17) is 0 Å². The Bertz CT molecular complexity index is 990. The molecular weight excluding hydrogens is 328 g/mol. The van der Waals surface area contributed by atoms with Crippen LogP contribution in [0.25, 0.3) is 10.9 Å². The average Bonchev–Trinajstić information content (AvgIpc) is 2.61. The highest BCUT2D eigenvalue weighted by atomic mass is 16.3. The van der Waals surface area contributed by atoms with Gasteiger partial charge in [-0.15, -0.1) is 0 Å². The normalized spacial score (nSPS) is 11.1. The maximum absolute atomic E-state index is 12.7. The van der Waals surface area contributed by atoms with Gasteiger partial charge in [0.05, 0.1) is 11.2 Å². The molecule has 3 rings (SSSR count). The van der Waals surface area contributed by atoms with Crippen molar-refractivity contribution in [1.82, 2.24) is 4.98 Å².